The molecule has 3 aromatic carbocycles. The van der Waals surface area contributed by atoms with Crippen LogP contribution in [0.5, 0.6) is 0 Å². The van der Waals surface area contributed by atoms with Gasteiger partial charge in [0.15, 0.2) is 6.29 Å². The van der Waals surface area contributed by atoms with Gasteiger partial charge in [-0.1, -0.05) is 77.9 Å². The van der Waals surface area contributed by atoms with E-state index < -0.39 is 0 Å². The zero-order valence-corrected chi connectivity index (χ0v) is 12.8. The zero-order chi connectivity index (χ0) is 15.5. The molecule has 0 aromatic heterocycles. The van der Waals surface area contributed by atoms with E-state index in [4.69, 9.17) is 0 Å². The lowest BCUT2D eigenvalue weighted by Crippen LogP contribution is -1.93. The summed E-state index contributed by atoms with van der Waals surface area (Å²) in [5.74, 6) is 0. The lowest BCUT2D eigenvalue weighted by Gasteiger charge is -2.12. The highest BCUT2D eigenvalue weighted by molar-refractivity contribution is 5.96. The number of hydrogen-bond acceptors (Lipinski definition) is 1. The Hall–Kier alpha value is -2.67. The van der Waals surface area contributed by atoms with Crippen LogP contribution in [0.15, 0.2) is 66.7 Å². The Labute approximate surface area is 131 Å². The van der Waals surface area contributed by atoms with Crippen molar-refractivity contribution < 1.29 is 4.79 Å². The van der Waals surface area contributed by atoms with Gasteiger partial charge in [-0.25, -0.2) is 0 Å². The number of hydrogen-bond donors (Lipinski definition) is 0. The average Bonchev–Trinajstić information content (AvgIpc) is 2.54. The Kier molecular flexibility index (Phi) is 3.88. The van der Waals surface area contributed by atoms with E-state index in [1.165, 1.54) is 11.1 Å². The van der Waals surface area contributed by atoms with Crippen molar-refractivity contribution in [2.24, 2.45) is 0 Å². The summed E-state index contributed by atoms with van der Waals surface area (Å²) in [6.07, 6.45) is 0.968. The van der Waals surface area contributed by atoms with E-state index in [-0.39, 0.29) is 0 Å². The summed E-state index contributed by atoms with van der Waals surface area (Å²) in [7, 11) is 0. The Morgan fingerprint density at radius 2 is 1.14 bits per heavy atom. The van der Waals surface area contributed by atoms with E-state index in [0.717, 1.165) is 34.1 Å². The fraction of sp³-hybridized carbons (Fsp3) is 0.0952. The van der Waals surface area contributed by atoms with Crippen LogP contribution in [0.25, 0.3) is 22.3 Å². The fourth-order valence-corrected chi connectivity index (χ4v) is 2.82. The van der Waals surface area contributed by atoms with Gasteiger partial charge in [0.05, 0.1) is 0 Å². The van der Waals surface area contributed by atoms with Gasteiger partial charge in [0.25, 0.3) is 0 Å². The van der Waals surface area contributed by atoms with Gasteiger partial charge < -0.3 is 0 Å². The maximum absolute atomic E-state index is 11.8. The summed E-state index contributed by atoms with van der Waals surface area (Å²) in [5.41, 5.74) is 7.26. The first-order valence-corrected chi connectivity index (χ1v) is 7.41. The SMILES string of the molecule is Cc1cccc(-c2cccc(-c3cccc(C)c3)c2C=O)c1. The van der Waals surface area contributed by atoms with Gasteiger partial charge in [-0.05, 0) is 36.1 Å². The molecular weight excluding hydrogens is 268 g/mol. The predicted octanol–water partition coefficient (Wildman–Crippen LogP) is 5.45. The number of aldehydes is 1. The number of aryl methyl sites for hydroxylation is 2. The molecule has 0 spiro atoms. The van der Waals surface area contributed by atoms with Gasteiger partial charge in [-0.3, -0.25) is 4.79 Å². The minimum atomic E-state index is 0.749. The van der Waals surface area contributed by atoms with E-state index in [1.54, 1.807) is 0 Å². The molecule has 0 unspecified atom stereocenters. The van der Waals surface area contributed by atoms with E-state index >= 15 is 0 Å². The topological polar surface area (TPSA) is 17.1 Å². The largest absolute Gasteiger partial charge is 0.298 e. The van der Waals surface area contributed by atoms with Crippen LogP contribution in [0.1, 0.15) is 21.5 Å². The van der Waals surface area contributed by atoms with Gasteiger partial charge in [0, 0.05) is 5.56 Å². The first kappa shape index (κ1) is 14.3. The predicted molar refractivity (Wildman–Crippen MR) is 92.2 cm³/mol. The standard InChI is InChI=1S/C21H18O/c1-15-6-3-8-17(12-15)19-10-5-11-20(21(19)14-22)18-9-4-7-16(2)13-18/h3-14H,1-2H3. The second-order valence-corrected chi connectivity index (χ2v) is 5.62. The molecule has 0 radical (unpaired) electrons. The smallest absolute Gasteiger partial charge is 0.151 e. The quantitative estimate of drug-likeness (QED) is 0.585. The fourth-order valence-electron chi connectivity index (χ4n) is 2.82. The van der Waals surface area contributed by atoms with E-state index in [2.05, 4.69) is 50.2 Å². The molecule has 108 valence electrons. The van der Waals surface area contributed by atoms with Crippen molar-refractivity contribution in [2.45, 2.75) is 13.8 Å². The van der Waals surface area contributed by atoms with Crippen LogP contribution in [0, 0.1) is 13.8 Å². The molecule has 0 N–H and O–H groups in total. The van der Waals surface area contributed by atoms with Crippen LogP contribution >= 0.6 is 0 Å². The second kappa shape index (κ2) is 5.98. The van der Waals surface area contributed by atoms with Crippen LogP contribution in [-0.4, -0.2) is 6.29 Å². The molecule has 0 aliphatic rings. The molecule has 0 amide bonds. The minimum Gasteiger partial charge on any atom is -0.298 e. The van der Waals surface area contributed by atoms with Crippen molar-refractivity contribution >= 4 is 6.29 Å². The molecule has 22 heavy (non-hydrogen) atoms. The van der Waals surface area contributed by atoms with Gasteiger partial charge in [-0.15, -0.1) is 0 Å². The first-order chi connectivity index (χ1) is 10.7. The monoisotopic (exact) mass is 286 g/mol. The number of carbonyl (C=O) groups excluding carboxylic acids is 1. The third-order valence-corrected chi connectivity index (χ3v) is 3.88. The lowest BCUT2D eigenvalue weighted by molar-refractivity contribution is 0.112. The highest BCUT2D eigenvalue weighted by atomic mass is 16.1. The normalized spacial score (nSPS) is 10.5. The molecule has 0 aliphatic heterocycles. The highest BCUT2D eigenvalue weighted by Crippen LogP contribution is 2.31. The van der Waals surface area contributed by atoms with E-state index in [1.807, 2.05) is 30.3 Å². The van der Waals surface area contributed by atoms with E-state index in [9.17, 15) is 4.79 Å². The Morgan fingerprint density at radius 1 is 0.682 bits per heavy atom. The molecule has 3 rings (SSSR count). The Bertz CT molecular complexity index is 767. The molecule has 1 nitrogen and oxygen atoms in total. The molecule has 0 aliphatic carbocycles. The summed E-state index contributed by atoms with van der Waals surface area (Å²) < 4.78 is 0. The van der Waals surface area contributed by atoms with Gasteiger partial charge >= 0.3 is 0 Å². The molecule has 0 heterocycles. The van der Waals surface area contributed by atoms with Crippen LogP contribution in [0.4, 0.5) is 0 Å². The minimum absolute atomic E-state index is 0.749. The van der Waals surface area contributed by atoms with Gasteiger partial charge in [0.2, 0.25) is 0 Å². The molecular formula is C21H18O. The molecule has 3 aromatic rings. The molecule has 0 saturated heterocycles. The van der Waals surface area contributed by atoms with Gasteiger partial charge in [0.1, 0.15) is 0 Å². The van der Waals surface area contributed by atoms with Crippen LogP contribution in [-0.2, 0) is 0 Å². The Balaban J connectivity index is 2.22. The second-order valence-electron chi connectivity index (χ2n) is 5.62. The Morgan fingerprint density at radius 3 is 1.55 bits per heavy atom. The number of carbonyl (C=O) groups is 1. The van der Waals surface area contributed by atoms with Crippen molar-refractivity contribution in [3.63, 3.8) is 0 Å². The summed E-state index contributed by atoms with van der Waals surface area (Å²) >= 11 is 0. The van der Waals surface area contributed by atoms with Crippen molar-refractivity contribution in [1.29, 1.82) is 0 Å². The molecule has 1 heteroatoms. The third kappa shape index (κ3) is 2.71. The summed E-state index contributed by atoms with van der Waals surface area (Å²) in [5, 5.41) is 0. The maximum atomic E-state index is 11.8. The maximum Gasteiger partial charge on any atom is 0.151 e. The van der Waals surface area contributed by atoms with Crippen molar-refractivity contribution in [3.8, 4) is 22.3 Å². The molecule has 0 fully saturated rings. The molecule has 0 bridgehead atoms. The first-order valence-electron chi connectivity index (χ1n) is 7.41. The zero-order valence-electron chi connectivity index (χ0n) is 12.8. The van der Waals surface area contributed by atoms with Gasteiger partial charge in [-0.2, -0.15) is 0 Å². The molecule has 0 saturated carbocycles. The summed E-state index contributed by atoms with van der Waals surface area (Å²) in [4.78, 5) is 11.8. The average molecular weight is 286 g/mol. The van der Waals surface area contributed by atoms with Crippen molar-refractivity contribution in [1.82, 2.24) is 0 Å². The number of benzene rings is 3. The summed E-state index contributed by atoms with van der Waals surface area (Å²) in [6, 6.07) is 22.5. The highest BCUT2D eigenvalue weighted by Gasteiger charge is 2.11. The van der Waals surface area contributed by atoms with Crippen molar-refractivity contribution in [2.75, 3.05) is 0 Å². The van der Waals surface area contributed by atoms with E-state index in [0.29, 0.717) is 0 Å². The van der Waals surface area contributed by atoms with Crippen LogP contribution in [0.3, 0.4) is 0 Å². The van der Waals surface area contributed by atoms with Crippen LogP contribution < -0.4 is 0 Å². The van der Waals surface area contributed by atoms with Crippen LogP contribution in [0.2, 0.25) is 0 Å². The molecule has 0 atom stereocenters. The van der Waals surface area contributed by atoms with Crippen molar-refractivity contribution in [3.05, 3.63) is 83.4 Å². The lowest BCUT2D eigenvalue weighted by atomic mass is 9.91. The third-order valence-electron chi connectivity index (χ3n) is 3.88. The summed E-state index contributed by atoms with van der Waals surface area (Å²) in [6.45, 7) is 4.13. The number of rotatable bonds is 3.